The summed E-state index contributed by atoms with van der Waals surface area (Å²) in [7, 11) is 0. The van der Waals surface area contributed by atoms with Crippen molar-refractivity contribution in [1.82, 2.24) is 0 Å². The first-order valence-electron chi connectivity index (χ1n) is 28.0. The lowest BCUT2D eigenvalue weighted by Crippen LogP contribution is -2.61. The average Bonchev–Trinajstić information content (AvgIpc) is 4.13. The molecule has 0 saturated heterocycles. The lowest BCUT2D eigenvalue weighted by atomic mass is 9.33. The molecule has 0 aromatic heterocycles. The normalized spacial score (nSPS) is 15.1. The standard InChI is InChI=1S/C74H60BN3/c1-45(2)50-33-36-53(37-34-50)76-67-38-35-51(46(3)4)41-63(67)75-64-42-58-54-25-15-17-29-59(54)74(61(58)43-69(64)77(52-23-9-8-10-24-52)71-40-47(5)39-70(76)73(71)75)60-30-18-16-28-57(60)72-56-27-14-13-26-55(56)68(44-62(72)74)78(65-31-19-11-21-48(65)6)66-32-20-12-22-49(66)7/h8-46H,1-7H3. The number of aryl methyl sites for hydroxylation is 3. The van der Waals surface area contributed by atoms with Crippen LogP contribution in [0.3, 0.4) is 0 Å². The summed E-state index contributed by atoms with van der Waals surface area (Å²) in [5.41, 5.74) is 31.1. The molecule has 15 rings (SSSR count). The minimum Gasteiger partial charge on any atom is -0.311 e. The molecule has 4 heteroatoms. The van der Waals surface area contributed by atoms with Crippen molar-refractivity contribution >= 4 is 85.1 Å². The van der Waals surface area contributed by atoms with Gasteiger partial charge in [0, 0.05) is 50.9 Å². The number of anilines is 9. The number of hydrogen-bond donors (Lipinski definition) is 0. The summed E-state index contributed by atoms with van der Waals surface area (Å²) >= 11 is 0. The Balaban J connectivity index is 1.06. The van der Waals surface area contributed by atoms with Crippen LogP contribution in [0.25, 0.3) is 33.0 Å². The highest BCUT2D eigenvalue weighted by atomic mass is 15.2. The first-order valence-corrected chi connectivity index (χ1v) is 28.0. The fraction of sp³-hybridized carbons (Fsp3) is 0.135. The molecule has 1 spiro atoms. The van der Waals surface area contributed by atoms with Crippen molar-refractivity contribution in [1.29, 1.82) is 0 Å². The van der Waals surface area contributed by atoms with E-state index < -0.39 is 5.41 Å². The number of hydrogen-bond acceptors (Lipinski definition) is 3. The Morgan fingerprint density at radius 1 is 0.385 bits per heavy atom. The SMILES string of the molecule is Cc1cc2c3c(c1)N(c1ccccc1)c1cc4c(cc1B3c1cc(C(C)C)ccc1N2c1ccc(C(C)C)cc1)-c1ccccc1C41c2ccccc2-c2c1cc(N(c1ccccc1C)c1ccccc1C)c1ccccc21. The van der Waals surface area contributed by atoms with Crippen LogP contribution in [0.2, 0.25) is 0 Å². The predicted octanol–water partition coefficient (Wildman–Crippen LogP) is 17.9. The highest BCUT2D eigenvalue weighted by Crippen LogP contribution is 2.66. The Hall–Kier alpha value is -8.86. The highest BCUT2D eigenvalue weighted by molar-refractivity contribution is 7.00. The molecule has 0 bridgehead atoms. The van der Waals surface area contributed by atoms with Gasteiger partial charge in [0.1, 0.15) is 0 Å². The summed E-state index contributed by atoms with van der Waals surface area (Å²) in [6.07, 6.45) is 0. The van der Waals surface area contributed by atoms with Crippen LogP contribution < -0.4 is 31.1 Å². The summed E-state index contributed by atoms with van der Waals surface area (Å²) in [6.45, 7) is 16.0. The Kier molecular flexibility index (Phi) is 10.3. The molecule has 374 valence electrons. The number of fused-ring (bicyclic) bond motifs is 16. The molecule has 0 saturated carbocycles. The van der Waals surface area contributed by atoms with Crippen LogP contribution in [0, 0.1) is 20.8 Å². The summed E-state index contributed by atoms with van der Waals surface area (Å²) in [5.74, 6) is 0.804. The zero-order valence-electron chi connectivity index (χ0n) is 45.4. The lowest BCUT2D eigenvalue weighted by molar-refractivity contribution is 0.794. The second kappa shape index (κ2) is 17.3. The lowest BCUT2D eigenvalue weighted by Gasteiger charge is -2.45. The van der Waals surface area contributed by atoms with Crippen LogP contribution in [0.1, 0.15) is 89.6 Å². The molecule has 1 unspecified atom stereocenters. The molecular weight excluding hydrogens is 942 g/mol. The smallest absolute Gasteiger partial charge is 0.252 e. The maximum absolute atomic E-state index is 2.65. The highest BCUT2D eigenvalue weighted by Gasteiger charge is 2.54. The fourth-order valence-corrected chi connectivity index (χ4v) is 14.3. The zero-order valence-corrected chi connectivity index (χ0v) is 45.4. The number of benzene rings is 11. The Morgan fingerprint density at radius 2 is 0.923 bits per heavy atom. The van der Waals surface area contributed by atoms with Gasteiger partial charge in [-0.15, -0.1) is 0 Å². The van der Waals surface area contributed by atoms with Crippen LogP contribution in [0.15, 0.2) is 224 Å². The van der Waals surface area contributed by atoms with Gasteiger partial charge in [-0.1, -0.05) is 185 Å². The third kappa shape index (κ3) is 6.47. The molecule has 0 fully saturated rings. The summed E-state index contributed by atoms with van der Waals surface area (Å²) in [6, 6.07) is 86.2. The molecule has 2 aliphatic carbocycles. The van der Waals surface area contributed by atoms with Crippen LogP contribution in [-0.4, -0.2) is 6.71 Å². The maximum atomic E-state index is 2.65. The monoisotopic (exact) mass is 1000 g/mol. The first kappa shape index (κ1) is 46.4. The van der Waals surface area contributed by atoms with E-state index in [0.29, 0.717) is 11.8 Å². The molecule has 2 heterocycles. The van der Waals surface area contributed by atoms with Crippen molar-refractivity contribution in [3.8, 4) is 22.3 Å². The van der Waals surface area contributed by atoms with Crippen LogP contribution in [-0.2, 0) is 5.41 Å². The molecule has 78 heavy (non-hydrogen) atoms. The summed E-state index contributed by atoms with van der Waals surface area (Å²) in [5, 5.41) is 2.49. The van der Waals surface area contributed by atoms with Gasteiger partial charge in [0.2, 0.25) is 0 Å². The molecule has 11 aromatic carbocycles. The second-order valence-corrected chi connectivity index (χ2v) is 22.9. The average molecular weight is 1000 g/mol. The van der Waals surface area contributed by atoms with Crippen molar-refractivity contribution < 1.29 is 0 Å². The first-order chi connectivity index (χ1) is 38.1. The van der Waals surface area contributed by atoms with Crippen LogP contribution >= 0.6 is 0 Å². The van der Waals surface area contributed by atoms with Crippen LogP contribution in [0.5, 0.6) is 0 Å². The van der Waals surface area contributed by atoms with Crippen molar-refractivity contribution in [2.75, 3.05) is 14.7 Å². The van der Waals surface area contributed by atoms with E-state index in [-0.39, 0.29) is 6.71 Å². The van der Waals surface area contributed by atoms with Gasteiger partial charge in [-0.3, -0.25) is 0 Å². The van der Waals surface area contributed by atoms with Crippen molar-refractivity contribution in [3.63, 3.8) is 0 Å². The maximum Gasteiger partial charge on any atom is 0.252 e. The Labute approximate surface area is 459 Å². The molecule has 3 nitrogen and oxygen atoms in total. The Bertz CT molecular complexity index is 4240. The molecule has 0 amide bonds. The number of nitrogens with zero attached hydrogens (tertiary/aromatic N) is 3. The molecule has 2 aliphatic heterocycles. The third-order valence-electron chi connectivity index (χ3n) is 17.9. The molecular formula is C74H60BN3. The molecule has 1 atom stereocenters. The minimum atomic E-state index is -0.649. The topological polar surface area (TPSA) is 9.72 Å². The molecule has 0 radical (unpaired) electrons. The van der Waals surface area contributed by atoms with E-state index in [1.54, 1.807) is 0 Å². The summed E-state index contributed by atoms with van der Waals surface area (Å²) in [4.78, 5) is 7.71. The van der Waals surface area contributed by atoms with E-state index in [1.807, 2.05) is 0 Å². The fourth-order valence-electron chi connectivity index (χ4n) is 14.3. The number of rotatable bonds is 7. The molecule has 4 aliphatic rings. The largest absolute Gasteiger partial charge is 0.311 e. The van der Waals surface area contributed by atoms with Gasteiger partial charge in [-0.2, -0.15) is 0 Å². The van der Waals surface area contributed by atoms with E-state index in [2.05, 4.69) is 288 Å². The van der Waals surface area contributed by atoms with Gasteiger partial charge in [0.25, 0.3) is 6.71 Å². The van der Waals surface area contributed by atoms with Crippen molar-refractivity contribution in [3.05, 3.63) is 275 Å². The van der Waals surface area contributed by atoms with Crippen LogP contribution in [0.4, 0.5) is 51.2 Å². The third-order valence-corrected chi connectivity index (χ3v) is 17.9. The van der Waals surface area contributed by atoms with E-state index >= 15 is 0 Å². The van der Waals surface area contributed by atoms with E-state index in [0.717, 1.165) is 5.69 Å². The van der Waals surface area contributed by atoms with E-state index in [9.17, 15) is 0 Å². The van der Waals surface area contributed by atoms with E-state index in [1.165, 1.54) is 145 Å². The van der Waals surface area contributed by atoms with Crippen molar-refractivity contribution in [2.24, 2.45) is 0 Å². The predicted molar refractivity (Wildman–Crippen MR) is 331 cm³/mol. The number of para-hydroxylation sites is 3. The quantitative estimate of drug-likeness (QED) is 0.147. The Morgan fingerprint density at radius 3 is 1.59 bits per heavy atom. The minimum absolute atomic E-state index is 0.0325. The van der Waals surface area contributed by atoms with Gasteiger partial charge in [0.15, 0.2) is 0 Å². The van der Waals surface area contributed by atoms with Crippen molar-refractivity contribution in [2.45, 2.75) is 65.7 Å². The van der Waals surface area contributed by atoms with E-state index in [4.69, 9.17) is 0 Å². The molecule has 11 aromatic rings. The van der Waals surface area contributed by atoms with Gasteiger partial charge < -0.3 is 14.7 Å². The summed E-state index contributed by atoms with van der Waals surface area (Å²) < 4.78 is 0. The van der Waals surface area contributed by atoms with Gasteiger partial charge in [-0.25, -0.2) is 0 Å². The van der Waals surface area contributed by atoms with Gasteiger partial charge >= 0.3 is 0 Å². The molecule has 0 N–H and O–H groups in total. The van der Waals surface area contributed by atoms with Gasteiger partial charge in [0.05, 0.1) is 11.1 Å². The zero-order chi connectivity index (χ0) is 52.7. The second-order valence-electron chi connectivity index (χ2n) is 22.9. The van der Waals surface area contributed by atoms with Gasteiger partial charge in [-0.05, 0) is 193 Å².